The predicted octanol–water partition coefficient (Wildman–Crippen LogP) is 0.0468. The van der Waals surface area contributed by atoms with Crippen molar-refractivity contribution in [2.24, 2.45) is 5.73 Å². The third-order valence-corrected chi connectivity index (χ3v) is 2.55. The molecular weight excluding hydrogens is 246 g/mol. The van der Waals surface area contributed by atoms with Gasteiger partial charge in [0.15, 0.2) is 0 Å². The van der Waals surface area contributed by atoms with Gasteiger partial charge in [-0.15, -0.1) is 0 Å². The van der Waals surface area contributed by atoms with Gasteiger partial charge in [0.05, 0.1) is 0 Å². The highest BCUT2D eigenvalue weighted by Gasteiger charge is 2.10. The number of carbonyl (C=O) groups is 1. The van der Waals surface area contributed by atoms with Crippen LogP contribution in [0.15, 0.2) is 0 Å². The Labute approximate surface area is 112 Å². The van der Waals surface area contributed by atoms with Crippen molar-refractivity contribution in [3.05, 3.63) is 0 Å². The highest BCUT2D eigenvalue weighted by Crippen LogP contribution is 2.12. The first kappa shape index (κ1) is 14.9. The fraction of sp³-hybridized carbons (Fsp3) is 0.636. The van der Waals surface area contributed by atoms with Crippen LogP contribution in [0, 0.1) is 0 Å². The van der Waals surface area contributed by atoms with Gasteiger partial charge < -0.3 is 21.3 Å². The van der Waals surface area contributed by atoms with Crippen molar-refractivity contribution < 1.29 is 4.79 Å². The number of aromatic nitrogens is 3. The summed E-state index contributed by atoms with van der Waals surface area (Å²) in [6.45, 7) is 6.09. The van der Waals surface area contributed by atoms with Crippen LogP contribution in [0.3, 0.4) is 0 Å². The summed E-state index contributed by atoms with van der Waals surface area (Å²) in [6, 6.07) is 0. The molecule has 1 amide bonds. The van der Waals surface area contributed by atoms with Crippen molar-refractivity contribution in [1.82, 2.24) is 15.0 Å². The molecule has 1 aromatic heterocycles. The lowest BCUT2D eigenvalue weighted by atomic mass is 10.4. The quantitative estimate of drug-likeness (QED) is 0.610. The van der Waals surface area contributed by atoms with Crippen molar-refractivity contribution in [3.63, 3.8) is 0 Å². The topological polar surface area (TPSA) is 109 Å². The Morgan fingerprint density at radius 3 is 2.37 bits per heavy atom. The molecule has 0 aliphatic rings. The maximum Gasteiger partial charge on any atom is 0.231 e. The average Bonchev–Trinajstić information content (AvgIpc) is 2.39. The molecule has 0 aliphatic heterocycles. The van der Waals surface area contributed by atoms with E-state index in [1.165, 1.54) is 0 Å². The number of nitrogens with one attached hydrogen (secondary N) is 2. The van der Waals surface area contributed by atoms with E-state index in [-0.39, 0.29) is 12.3 Å². The molecular formula is C11H21N7O. The first-order valence-electron chi connectivity index (χ1n) is 6.31. The van der Waals surface area contributed by atoms with Crippen LogP contribution in [0.25, 0.3) is 0 Å². The van der Waals surface area contributed by atoms with Crippen LogP contribution in [0.5, 0.6) is 0 Å². The van der Waals surface area contributed by atoms with E-state index in [0.717, 1.165) is 13.1 Å². The van der Waals surface area contributed by atoms with Crippen LogP contribution < -0.4 is 21.3 Å². The molecule has 1 rings (SSSR count). The summed E-state index contributed by atoms with van der Waals surface area (Å²) in [5, 5.41) is 5.85. The second-order valence-corrected chi connectivity index (χ2v) is 3.85. The molecule has 4 N–H and O–H groups in total. The second-order valence-electron chi connectivity index (χ2n) is 3.85. The molecule has 106 valence electrons. The highest BCUT2D eigenvalue weighted by atomic mass is 16.1. The Balaban J connectivity index is 2.85. The molecule has 8 nitrogen and oxygen atoms in total. The molecule has 0 aliphatic carbocycles. The van der Waals surface area contributed by atoms with Gasteiger partial charge in [-0.25, -0.2) is 0 Å². The molecule has 1 aromatic rings. The first-order valence-corrected chi connectivity index (χ1v) is 6.31. The summed E-state index contributed by atoms with van der Waals surface area (Å²) >= 11 is 0. The van der Waals surface area contributed by atoms with Gasteiger partial charge in [0.1, 0.15) is 0 Å². The van der Waals surface area contributed by atoms with Gasteiger partial charge >= 0.3 is 0 Å². The molecule has 0 unspecified atom stereocenters. The summed E-state index contributed by atoms with van der Waals surface area (Å²) in [7, 11) is 1.74. The summed E-state index contributed by atoms with van der Waals surface area (Å²) < 4.78 is 0. The zero-order chi connectivity index (χ0) is 14.3. The third kappa shape index (κ3) is 4.57. The lowest BCUT2D eigenvalue weighted by Crippen LogP contribution is -2.25. The molecule has 0 saturated heterocycles. The van der Waals surface area contributed by atoms with Gasteiger partial charge in [-0.05, 0) is 13.8 Å². The van der Waals surface area contributed by atoms with Crippen molar-refractivity contribution in [2.75, 3.05) is 42.2 Å². The number of primary amides is 1. The second kappa shape index (κ2) is 7.34. The van der Waals surface area contributed by atoms with Crippen LogP contribution in [0.2, 0.25) is 0 Å². The largest absolute Gasteiger partial charge is 0.370 e. The van der Waals surface area contributed by atoms with E-state index >= 15 is 0 Å². The number of rotatable bonds is 8. The van der Waals surface area contributed by atoms with Gasteiger partial charge in [0.2, 0.25) is 23.8 Å². The van der Waals surface area contributed by atoms with E-state index in [1.54, 1.807) is 7.05 Å². The van der Waals surface area contributed by atoms with Crippen molar-refractivity contribution in [3.8, 4) is 0 Å². The Morgan fingerprint density at radius 2 is 1.84 bits per heavy atom. The number of hydrogen-bond donors (Lipinski definition) is 3. The number of nitrogens with two attached hydrogens (primary N) is 1. The van der Waals surface area contributed by atoms with Gasteiger partial charge in [-0.2, -0.15) is 15.0 Å². The van der Waals surface area contributed by atoms with E-state index < -0.39 is 0 Å². The predicted molar refractivity (Wildman–Crippen MR) is 75.2 cm³/mol. The SMILES string of the molecule is CCN(CC)c1nc(NC)nc(NCCC(N)=O)n1. The minimum atomic E-state index is -0.362. The monoisotopic (exact) mass is 267 g/mol. The minimum absolute atomic E-state index is 0.237. The van der Waals surface area contributed by atoms with Crippen molar-refractivity contribution in [1.29, 1.82) is 0 Å². The Kier molecular flexibility index (Phi) is 5.77. The minimum Gasteiger partial charge on any atom is -0.370 e. The van der Waals surface area contributed by atoms with Crippen LogP contribution in [-0.4, -0.2) is 47.5 Å². The Hall–Kier alpha value is -2.12. The van der Waals surface area contributed by atoms with Gasteiger partial charge in [0.25, 0.3) is 0 Å². The maximum absolute atomic E-state index is 10.7. The smallest absolute Gasteiger partial charge is 0.231 e. The lowest BCUT2D eigenvalue weighted by molar-refractivity contribution is -0.117. The van der Waals surface area contributed by atoms with E-state index in [0.29, 0.717) is 24.4 Å². The summed E-state index contributed by atoms with van der Waals surface area (Å²) in [4.78, 5) is 25.5. The van der Waals surface area contributed by atoms with Gasteiger partial charge in [-0.3, -0.25) is 4.79 Å². The van der Waals surface area contributed by atoms with Crippen LogP contribution in [-0.2, 0) is 4.79 Å². The molecule has 0 aromatic carbocycles. The third-order valence-electron chi connectivity index (χ3n) is 2.55. The first-order chi connectivity index (χ1) is 9.10. The maximum atomic E-state index is 10.7. The van der Waals surface area contributed by atoms with Crippen LogP contribution in [0.1, 0.15) is 20.3 Å². The summed E-state index contributed by atoms with van der Waals surface area (Å²) in [6.07, 6.45) is 0.237. The summed E-state index contributed by atoms with van der Waals surface area (Å²) in [5.74, 6) is 1.16. The molecule has 1 heterocycles. The number of hydrogen-bond acceptors (Lipinski definition) is 7. The molecule has 0 spiro atoms. The van der Waals surface area contributed by atoms with Gasteiger partial charge in [-0.1, -0.05) is 0 Å². The highest BCUT2D eigenvalue weighted by molar-refractivity contribution is 5.74. The van der Waals surface area contributed by atoms with Crippen molar-refractivity contribution >= 4 is 23.8 Å². The lowest BCUT2D eigenvalue weighted by Gasteiger charge is -2.19. The number of carbonyl (C=O) groups excluding carboxylic acids is 1. The van der Waals surface area contributed by atoms with Crippen molar-refractivity contribution in [2.45, 2.75) is 20.3 Å². The molecule has 19 heavy (non-hydrogen) atoms. The molecule has 0 radical (unpaired) electrons. The summed E-state index contributed by atoms with van der Waals surface area (Å²) in [5.41, 5.74) is 5.08. The molecule has 0 bridgehead atoms. The average molecular weight is 267 g/mol. The van der Waals surface area contributed by atoms with E-state index in [2.05, 4.69) is 25.6 Å². The fourth-order valence-electron chi connectivity index (χ4n) is 1.50. The Morgan fingerprint density at radius 1 is 1.21 bits per heavy atom. The van der Waals surface area contributed by atoms with Crippen LogP contribution in [0.4, 0.5) is 17.8 Å². The fourth-order valence-corrected chi connectivity index (χ4v) is 1.50. The van der Waals surface area contributed by atoms with Crippen LogP contribution >= 0.6 is 0 Å². The molecule has 8 heteroatoms. The van der Waals surface area contributed by atoms with Gasteiger partial charge in [0, 0.05) is 33.1 Å². The zero-order valence-corrected chi connectivity index (χ0v) is 11.6. The van der Waals surface area contributed by atoms with E-state index in [4.69, 9.17) is 5.73 Å². The van der Waals surface area contributed by atoms with E-state index in [1.807, 2.05) is 18.7 Å². The molecule has 0 fully saturated rings. The normalized spacial score (nSPS) is 10.1. The standard InChI is InChI=1S/C11H21N7O/c1-4-18(5-2)11-16-9(13-3)15-10(17-11)14-7-6-8(12)19/h4-7H2,1-3H3,(H2,12,19)(H2,13,14,15,16,17). The Bertz CT molecular complexity index is 420. The molecule has 0 saturated carbocycles. The van der Waals surface area contributed by atoms with E-state index in [9.17, 15) is 4.79 Å². The molecule has 0 atom stereocenters. The zero-order valence-electron chi connectivity index (χ0n) is 11.6. The number of amides is 1. The number of anilines is 3. The number of nitrogens with zero attached hydrogens (tertiary/aromatic N) is 4.